The summed E-state index contributed by atoms with van der Waals surface area (Å²) in [5.74, 6) is 0. The number of nitrogens with one attached hydrogen (secondary N) is 1. The first-order valence-corrected chi connectivity index (χ1v) is 6.38. The van der Waals surface area contributed by atoms with Crippen molar-refractivity contribution in [1.29, 1.82) is 0 Å². The monoisotopic (exact) mass is 211 g/mol. The minimum Gasteiger partial charge on any atom is -0.317 e. The van der Waals surface area contributed by atoms with Gasteiger partial charge in [-0.15, -0.1) is 0 Å². The van der Waals surface area contributed by atoms with E-state index in [0.717, 1.165) is 12.1 Å². The van der Waals surface area contributed by atoms with Gasteiger partial charge >= 0.3 is 0 Å². The second kappa shape index (κ2) is 5.28. The third-order valence-corrected chi connectivity index (χ3v) is 3.98. The highest BCUT2D eigenvalue weighted by Gasteiger charge is 2.27. The van der Waals surface area contributed by atoms with Crippen LogP contribution in [0.4, 0.5) is 0 Å². The van der Waals surface area contributed by atoms with E-state index in [1.54, 1.807) is 0 Å². The van der Waals surface area contributed by atoms with Gasteiger partial charge in [-0.05, 0) is 59.4 Å². The fourth-order valence-corrected chi connectivity index (χ4v) is 2.91. The molecule has 2 rings (SSSR count). The molecule has 88 valence electrons. The number of likely N-dealkylation sites (tertiary alicyclic amines) is 1. The number of nitrogens with zero attached hydrogens (tertiary/aromatic N) is 2. The molecule has 0 aliphatic carbocycles. The maximum Gasteiger partial charge on any atom is 0.0217 e. The van der Waals surface area contributed by atoms with Crippen LogP contribution in [0.5, 0.6) is 0 Å². The summed E-state index contributed by atoms with van der Waals surface area (Å²) >= 11 is 0. The molecule has 0 saturated carbocycles. The summed E-state index contributed by atoms with van der Waals surface area (Å²) in [5, 5.41) is 3.45. The van der Waals surface area contributed by atoms with Gasteiger partial charge in [-0.25, -0.2) is 0 Å². The molecule has 1 atom stereocenters. The molecule has 15 heavy (non-hydrogen) atoms. The lowest BCUT2D eigenvalue weighted by molar-refractivity contribution is 0.0816. The normalized spacial score (nSPS) is 31.0. The van der Waals surface area contributed by atoms with E-state index in [2.05, 4.69) is 29.2 Å². The van der Waals surface area contributed by atoms with E-state index in [4.69, 9.17) is 0 Å². The van der Waals surface area contributed by atoms with Gasteiger partial charge in [0.1, 0.15) is 0 Å². The second-order valence-corrected chi connectivity index (χ2v) is 5.24. The predicted octanol–water partition coefficient (Wildman–Crippen LogP) is 0.764. The lowest BCUT2D eigenvalue weighted by atomic mass is 9.98. The summed E-state index contributed by atoms with van der Waals surface area (Å²) in [5.41, 5.74) is 0. The van der Waals surface area contributed by atoms with E-state index in [9.17, 15) is 0 Å². The minimum absolute atomic E-state index is 0.786. The van der Waals surface area contributed by atoms with Crippen LogP contribution in [0.25, 0.3) is 0 Å². The Labute approximate surface area is 93.8 Å². The Kier molecular flexibility index (Phi) is 4.00. The van der Waals surface area contributed by atoms with E-state index >= 15 is 0 Å². The zero-order chi connectivity index (χ0) is 10.7. The van der Waals surface area contributed by atoms with Crippen LogP contribution in [0.15, 0.2) is 0 Å². The van der Waals surface area contributed by atoms with Crippen LogP contribution < -0.4 is 5.32 Å². The van der Waals surface area contributed by atoms with Crippen molar-refractivity contribution in [3.05, 3.63) is 0 Å². The van der Waals surface area contributed by atoms with Gasteiger partial charge in [0, 0.05) is 18.6 Å². The highest BCUT2D eigenvalue weighted by atomic mass is 15.2. The Morgan fingerprint density at radius 1 is 1.13 bits per heavy atom. The van der Waals surface area contributed by atoms with Crippen LogP contribution in [-0.4, -0.2) is 62.2 Å². The molecule has 1 unspecified atom stereocenters. The average molecular weight is 211 g/mol. The van der Waals surface area contributed by atoms with Crippen molar-refractivity contribution < 1.29 is 0 Å². The molecule has 0 spiro atoms. The van der Waals surface area contributed by atoms with Crippen molar-refractivity contribution in [1.82, 2.24) is 15.1 Å². The molecule has 0 aromatic rings. The van der Waals surface area contributed by atoms with Crippen LogP contribution >= 0.6 is 0 Å². The zero-order valence-corrected chi connectivity index (χ0v) is 10.2. The molecule has 0 bridgehead atoms. The van der Waals surface area contributed by atoms with Gasteiger partial charge in [-0.2, -0.15) is 0 Å². The first kappa shape index (κ1) is 11.4. The van der Waals surface area contributed by atoms with Crippen LogP contribution in [0, 0.1) is 0 Å². The Balaban J connectivity index is 1.85. The summed E-state index contributed by atoms with van der Waals surface area (Å²) in [4.78, 5) is 5.13. The minimum atomic E-state index is 0.786. The molecule has 1 N–H and O–H groups in total. The molecular formula is C12H25N3. The molecular weight excluding hydrogens is 186 g/mol. The van der Waals surface area contributed by atoms with Crippen molar-refractivity contribution in [2.45, 2.75) is 37.8 Å². The molecule has 3 heteroatoms. The summed E-state index contributed by atoms with van der Waals surface area (Å²) in [6.45, 7) is 5.05. The molecule has 3 nitrogen and oxygen atoms in total. The summed E-state index contributed by atoms with van der Waals surface area (Å²) < 4.78 is 0. The van der Waals surface area contributed by atoms with Crippen molar-refractivity contribution in [3.8, 4) is 0 Å². The van der Waals surface area contributed by atoms with Crippen LogP contribution in [0.3, 0.4) is 0 Å². The van der Waals surface area contributed by atoms with E-state index in [1.165, 1.54) is 51.9 Å². The van der Waals surface area contributed by atoms with Gasteiger partial charge in [0.05, 0.1) is 0 Å². The van der Waals surface area contributed by atoms with Gasteiger partial charge in [-0.3, -0.25) is 4.90 Å². The number of likely N-dealkylation sites (N-methyl/N-ethyl adjacent to an activating group) is 1. The van der Waals surface area contributed by atoms with Gasteiger partial charge in [0.25, 0.3) is 0 Å². The van der Waals surface area contributed by atoms with E-state index < -0.39 is 0 Å². The lowest BCUT2D eigenvalue weighted by Gasteiger charge is -2.42. The number of piperidine rings is 2. The van der Waals surface area contributed by atoms with Crippen molar-refractivity contribution >= 4 is 0 Å². The summed E-state index contributed by atoms with van der Waals surface area (Å²) in [6.07, 6.45) is 5.46. The van der Waals surface area contributed by atoms with Crippen molar-refractivity contribution in [2.24, 2.45) is 0 Å². The molecule has 2 aliphatic rings. The van der Waals surface area contributed by atoms with E-state index in [0.29, 0.717) is 0 Å². The Bertz CT molecular complexity index is 187. The molecule has 2 fully saturated rings. The first-order chi connectivity index (χ1) is 7.27. The Morgan fingerprint density at radius 2 is 1.87 bits per heavy atom. The number of hydrogen-bond donors (Lipinski definition) is 1. The highest BCUT2D eigenvalue weighted by Crippen LogP contribution is 2.20. The summed E-state index contributed by atoms with van der Waals surface area (Å²) in [6, 6.07) is 1.64. The SMILES string of the molecule is CN(C)C1CCCN(C2CCNCC2)C1. The van der Waals surface area contributed by atoms with Crippen LogP contribution in [-0.2, 0) is 0 Å². The Hall–Kier alpha value is -0.120. The molecule has 0 radical (unpaired) electrons. The second-order valence-electron chi connectivity index (χ2n) is 5.24. The van der Waals surface area contributed by atoms with Crippen molar-refractivity contribution in [3.63, 3.8) is 0 Å². The molecule has 2 heterocycles. The zero-order valence-electron chi connectivity index (χ0n) is 10.2. The standard InChI is InChI=1S/C12H25N3/c1-14(2)12-4-3-9-15(10-12)11-5-7-13-8-6-11/h11-13H,3-10H2,1-2H3. The quantitative estimate of drug-likeness (QED) is 0.728. The third-order valence-electron chi connectivity index (χ3n) is 3.98. The van der Waals surface area contributed by atoms with Crippen LogP contribution in [0.2, 0.25) is 0 Å². The maximum atomic E-state index is 3.45. The largest absolute Gasteiger partial charge is 0.317 e. The molecule has 2 saturated heterocycles. The topological polar surface area (TPSA) is 18.5 Å². The smallest absolute Gasteiger partial charge is 0.0217 e. The van der Waals surface area contributed by atoms with Gasteiger partial charge in [0.2, 0.25) is 0 Å². The van der Waals surface area contributed by atoms with E-state index in [1.807, 2.05) is 0 Å². The fourth-order valence-electron chi connectivity index (χ4n) is 2.91. The van der Waals surface area contributed by atoms with Crippen LogP contribution in [0.1, 0.15) is 25.7 Å². The molecule has 0 aromatic heterocycles. The fraction of sp³-hybridized carbons (Fsp3) is 1.00. The average Bonchev–Trinajstić information content (AvgIpc) is 2.30. The maximum absolute atomic E-state index is 3.45. The highest BCUT2D eigenvalue weighted by molar-refractivity contribution is 4.84. The molecule has 0 aromatic carbocycles. The molecule has 0 amide bonds. The van der Waals surface area contributed by atoms with Gasteiger partial charge < -0.3 is 10.2 Å². The van der Waals surface area contributed by atoms with Gasteiger partial charge in [-0.1, -0.05) is 0 Å². The first-order valence-electron chi connectivity index (χ1n) is 6.38. The lowest BCUT2D eigenvalue weighted by Crippen LogP contribution is -2.51. The third kappa shape index (κ3) is 2.92. The van der Waals surface area contributed by atoms with E-state index in [-0.39, 0.29) is 0 Å². The number of rotatable bonds is 2. The number of hydrogen-bond acceptors (Lipinski definition) is 3. The Morgan fingerprint density at radius 3 is 2.53 bits per heavy atom. The van der Waals surface area contributed by atoms with Gasteiger partial charge in [0.15, 0.2) is 0 Å². The predicted molar refractivity (Wildman–Crippen MR) is 64.2 cm³/mol. The molecule has 2 aliphatic heterocycles. The summed E-state index contributed by atoms with van der Waals surface area (Å²) in [7, 11) is 4.44. The van der Waals surface area contributed by atoms with Crippen molar-refractivity contribution in [2.75, 3.05) is 40.3 Å².